The SMILES string of the molecule is Cc1cc(N)ccc1S(=O)(=O)Cc1cccc(F)c1Br. The van der Waals surface area contributed by atoms with Crippen LogP contribution in [0.1, 0.15) is 11.1 Å². The van der Waals surface area contributed by atoms with Crippen molar-refractivity contribution in [3.63, 3.8) is 0 Å². The Kier molecular flexibility index (Phi) is 4.15. The predicted molar refractivity (Wildman–Crippen MR) is 80.6 cm³/mol. The predicted octanol–water partition coefficient (Wildman–Crippen LogP) is 3.45. The summed E-state index contributed by atoms with van der Waals surface area (Å²) in [7, 11) is -3.55. The summed E-state index contributed by atoms with van der Waals surface area (Å²) in [5, 5.41) is 0. The molecule has 0 fully saturated rings. The average Bonchev–Trinajstić information content (AvgIpc) is 2.34. The number of hydrogen-bond donors (Lipinski definition) is 1. The van der Waals surface area contributed by atoms with Crippen LogP contribution in [0, 0.1) is 12.7 Å². The highest BCUT2D eigenvalue weighted by Gasteiger charge is 2.20. The van der Waals surface area contributed by atoms with Gasteiger partial charge in [0.1, 0.15) is 5.82 Å². The summed E-state index contributed by atoms with van der Waals surface area (Å²) in [6.07, 6.45) is 0. The number of nitrogens with two attached hydrogens (primary N) is 1. The van der Waals surface area contributed by atoms with Gasteiger partial charge in [-0.3, -0.25) is 0 Å². The Bertz CT molecular complexity index is 760. The Morgan fingerprint density at radius 2 is 1.95 bits per heavy atom. The molecule has 0 amide bonds. The van der Waals surface area contributed by atoms with Crippen molar-refractivity contribution in [1.82, 2.24) is 0 Å². The molecular weight excluding hydrogens is 345 g/mol. The van der Waals surface area contributed by atoms with E-state index >= 15 is 0 Å². The molecule has 106 valence electrons. The zero-order valence-electron chi connectivity index (χ0n) is 10.7. The largest absolute Gasteiger partial charge is 0.399 e. The van der Waals surface area contributed by atoms with Crippen molar-refractivity contribution >= 4 is 31.5 Å². The number of nitrogen functional groups attached to an aromatic ring is 1. The molecule has 2 aromatic carbocycles. The first-order valence-corrected chi connectivity index (χ1v) is 8.27. The first-order chi connectivity index (χ1) is 9.31. The van der Waals surface area contributed by atoms with E-state index in [9.17, 15) is 12.8 Å². The first-order valence-electron chi connectivity index (χ1n) is 5.83. The molecule has 6 heteroatoms. The van der Waals surface area contributed by atoms with E-state index in [0.717, 1.165) is 0 Å². The minimum absolute atomic E-state index is 0.177. The lowest BCUT2D eigenvalue weighted by molar-refractivity contribution is 0.593. The molecule has 0 heterocycles. The van der Waals surface area contributed by atoms with Gasteiger partial charge in [-0.2, -0.15) is 0 Å². The Balaban J connectivity index is 2.44. The molecule has 0 bridgehead atoms. The lowest BCUT2D eigenvalue weighted by atomic mass is 10.2. The van der Waals surface area contributed by atoms with Crippen molar-refractivity contribution in [2.75, 3.05) is 5.73 Å². The minimum Gasteiger partial charge on any atom is -0.399 e. The lowest BCUT2D eigenvalue weighted by Gasteiger charge is -2.10. The van der Waals surface area contributed by atoms with Crippen LogP contribution < -0.4 is 5.73 Å². The molecule has 2 rings (SSSR count). The Labute approximate surface area is 125 Å². The summed E-state index contributed by atoms with van der Waals surface area (Å²) >= 11 is 3.08. The normalized spacial score (nSPS) is 11.6. The van der Waals surface area contributed by atoms with Crippen LogP contribution in [0.3, 0.4) is 0 Å². The third kappa shape index (κ3) is 3.02. The van der Waals surface area contributed by atoms with Gasteiger partial charge in [-0.1, -0.05) is 12.1 Å². The van der Waals surface area contributed by atoms with Crippen LogP contribution in [0.4, 0.5) is 10.1 Å². The molecule has 0 saturated carbocycles. The average molecular weight is 358 g/mol. The zero-order chi connectivity index (χ0) is 14.9. The fourth-order valence-electron chi connectivity index (χ4n) is 1.96. The third-order valence-electron chi connectivity index (χ3n) is 2.91. The number of benzene rings is 2. The second-order valence-corrected chi connectivity index (χ2v) is 7.25. The van der Waals surface area contributed by atoms with Crippen LogP contribution in [0.5, 0.6) is 0 Å². The molecule has 0 aliphatic rings. The van der Waals surface area contributed by atoms with Crippen LogP contribution in [0.25, 0.3) is 0 Å². The summed E-state index contributed by atoms with van der Waals surface area (Å²) in [5.41, 5.74) is 7.09. The van der Waals surface area contributed by atoms with Crippen LogP contribution in [-0.2, 0) is 15.6 Å². The van der Waals surface area contributed by atoms with Gasteiger partial charge in [-0.05, 0) is 58.2 Å². The van der Waals surface area contributed by atoms with E-state index in [2.05, 4.69) is 15.9 Å². The quantitative estimate of drug-likeness (QED) is 0.855. The van der Waals surface area contributed by atoms with E-state index in [1.54, 1.807) is 25.1 Å². The number of rotatable bonds is 3. The summed E-state index contributed by atoms with van der Waals surface area (Å²) in [6.45, 7) is 1.68. The van der Waals surface area contributed by atoms with Crippen LogP contribution in [0.15, 0.2) is 45.8 Å². The second-order valence-electron chi connectivity index (χ2n) is 4.50. The zero-order valence-corrected chi connectivity index (χ0v) is 13.1. The standard InChI is InChI=1S/C14H13BrFNO2S/c1-9-7-11(17)5-6-13(9)20(18,19)8-10-3-2-4-12(16)14(10)15/h2-7H,8,17H2,1H3. The third-order valence-corrected chi connectivity index (χ3v) is 5.62. The Morgan fingerprint density at radius 1 is 1.25 bits per heavy atom. The van der Waals surface area contributed by atoms with Crippen LogP contribution in [0.2, 0.25) is 0 Å². The molecule has 0 radical (unpaired) electrons. The molecule has 0 saturated heterocycles. The van der Waals surface area contributed by atoms with Crippen LogP contribution >= 0.6 is 15.9 Å². The fourth-order valence-corrected chi connectivity index (χ4v) is 4.18. The van der Waals surface area contributed by atoms with Crippen molar-refractivity contribution in [2.24, 2.45) is 0 Å². The van der Waals surface area contributed by atoms with E-state index in [0.29, 0.717) is 16.8 Å². The van der Waals surface area contributed by atoms with Crippen molar-refractivity contribution in [3.8, 4) is 0 Å². The molecule has 0 aromatic heterocycles. The summed E-state index contributed by atoms with van der Waals surface area (Å²) in [6, 6.07) is 8.97. The lowest BCUT2D eigenvalue weighted by Crippen LogP contribution is -2.08. The maximum Gasteiger partial charge on any atom is 0.182 e. The first kappa shape index (κ1) is 15.0. The molecule has 2 aromatic rings. The molecule has 3 nitrogen and oxygen atoms in total. The van der Waals surface area contributed by atoms with Gasteiger partial charge in [-0.25, -0.2) is 12.8 Å². The van der Waals surface area contributed by atoms with Gasteiger partial charge in [0.15, 0.2) is 9.84 Å². The maximum atomic E-state index is 13.4. The molecule has 20 heavy (non-hydrogen) atoms. The second kappa shape index (κ2) is 5.54. The number of anilines is 1. The maximum absolute atomic E-state index is 13.4. The van der Waals surface area contributed by atoms with Gasteiger partial charge < -0.3 is 5.73 Å². The smallest absolute Gasteiger partial charge is 0.182 e. The number of halogens is 2. The summed E-state index contributed by atoms with van der Waals surface area (Å²) < 4.78 is 38.4. The summed E-state index contributed by atoms with van der Waals surface area (Å²) in [5.74, 6) is -0.748. The van der Waals surface area contributed by atoms with E-state index in [4.69, 9.17) is 5.73 Å². The fraction of sp³-hybridized carbons (Fsp3) is 0.143. The van der Waals surface area contributed by atoms with E-state index in [1.807, 2.05) is 0 Å². The minimum atomic E-state index is -3.55. The number of hydrogen-bond acceptors (Lipinski definition) is 3. The molecule has 0 aliphatic heterocycles. The highest BCUT2D eigenvalue weighted by Crippen LogP contribution is 2.27. The Morgan fingerprint density at radius 3 is 2.60 bits per heavy atom. The highest BCUT2D eigenvalue weighted by molar-refractivity contribution is 9.10. The van der Waals surface area contributed by atoms with Crippen molar-refractivity contribution < 1.29 is 12.8 Å². The molecule has 0 atom stereocenters. The van der Waals surface area contributed by atoms with Gasteiger partial charge >= 0.3 is 0 Å². The van der Waals surface area contributed by atoms with E-state index < -0.39 is 15.7 Å². The van der Waals surface area contributed by atoms with Crippen LogP contribution in [-0.4, -0.2) is 8.42 Å². The molecule has 0 spiro atoms. The van der Waals surface area contributed by atoms with Gasteiger partial charge in [-0.15, -0.1) is 0 Å². The monoisotopic (exact) mass is 357 g/mol. The topological polar surface area (TPSA) is 60.2 Å². The van der Waals surface area contributed by atoms with E-state index in [1.165, 1.54) is 18.2 Å². The molecule has 0 unspecified atom stereocenters. The van der Waals surface area contributed by atoms with Gasteiger partial charge in [0.25, 0.3) is 0 Å². The highest BCUT2D eigenvalue weighted by atomic mass is 79.9. The molecule has 0 aliphatic carbocycles. The van der Waals surface area contributed by atoms with E-state index in [-0.39, 0.29) is 15.1 Å². The van der Waals surface area contributed by atoms with Crippen molar-refractivity contribution in [2.45, 2.75) is 17.6 Å². The van der Waals surface area contributed by atoms with Crippen molar-refractivity contribution in [1.29, 1.82) is 0 Å². The van der Waals surface area contributed by atoms with Gasteiger partial charge in [0.2, 0.25) is 0 Å². The number of aryl methyl sites for hydroxylation is 1. The molecule has 2 N–H and O–H groups in total. The number of sulfone groups is 1. The summed E-state index contributed by atoms with van der Waals surface area (Å²) in [4.78, 5) is 0.211. The van der Waals surface area contributed by atoms with Crippen molar-refractivity contribution in [3.05, 3.63) is 57.8 Å². The Hall–Kier alpha value is -1.40. The molecular formula is C14H13BrFNO2S. The van der Waals surface area contributed by atoms with Gasteiger partial charge in [0, 0.05) is 5.69 Å². The van der Waals surface area contributed by atoms with Gasteiger partial charge in [0.05, 0.1) is 15.1 Å².